The van der Waals surface area contributed by atoms with Gasteiger partial charge >= 0.3 is 0 Å². The Bertz CT molecular complexity index is 703. The third-order valence-electron chi connectivity index (χ3n) is 3.50. The molecular formula is C19H22BrNO3. The number of amides is 1. The molecule has 0 spiro atoms. The van der Waals surface area contributed by atoms with Crippen LogP contribution < -0.4 is 10.1 Å². The highest BCUT2D eigenvalue weighted by Gasteiger charge is 2.17. The summed E-state index contributed by atoms with van der Waals surface area (Å²) in [6.45, 7) is 6.76. The Kier molecular flexibility index (Phi) is 6.82. The van der Waals surface area contributed by atoms with Crippen LogP contribution in [0.4, 0.5) is 5.69 Å². The van der Waals surface area contributed by atoms with Gasteiger partial charge < -0.3 is 14.8 Å². The molecule has 2 aromatic rings. The van der Waals surface area contributed by atoms with Crippen molar-refractivity contribution in [1.29, 1.82) is 0 Å². The molecule has 0 aromatic heterocycles. The summed E-state index contributed by atoms with van der Waals surface area (Å²) in [6.07, 6.45) is -0.621. The summed E-state index contributed by atoms with van der Waals surface area (Å²) in [6, 6.07) is 13.4. The van der Waals surface area contributed by atoms with E-state index in [2.05, 4.69) is 21.2 Å². The molecule has 2 aromatic carbocycles. The molecule has 1 atom stereocenters. The van der Waals surface area contributed by atoms with E-state index in [4.69, 9.17) is 9.47 Å². The third kappa shape index (κ3) is 5.08. The molecule has 0 aliphatic carbocycles. The highest BCUT2D eigenvalue weighted by atomic mass is 79.9. The molecule has 0 saturated heterocycles. The standard InChI is InChI=1S/C19H22BrNO3/c1-4-23-12-15-7-5-6-8-17(15)21-19(22)14(3)24-18-10-9-13(2)11-16(18)20/h5-11,14H,4,12H2,1-3H3,(H,21,22). The van der Waals surface area contributed by atoms with Crippen LogP contribution in [0.1, 0.15) is 25.0 Å². The molecule has 2 rings (SSSR count). The zero-order valence-corrected chi connectivity index (χ0v) is 15.7. The maximum atomic E-state index is 12.4. The van der Waals surface area contributed by atoms with E-state index in [1.54, 1.807) is 6.92 Å². The van der Waals surface area contributed by atoms with Gasteiger partial charge in [0.2, 0.25) is 0 Å². The molecule has 128 valence electrons. The number of aryl methyl sites for hydroxylation is 1. The smallest absolute Gasteiger partial charge is 0.265 e. The number of hydrogen-bond acceptors (Lipinski definition) is 3. The van der Waals surface area contributed by atoms with Crippen molar-refractivity contribution in [2.24, 2.45) is 0 Å². The first-order chi connectivity index (χ1) is 11.5. The molecule has 0 aliphatic heterocycles. The summed E-state index contributed by atoms with van der Waals surface area (Å²) in [5.74, 6) is 0.442. The predicted molar refractivity (Wildman–Crippen MR) is 99.4 cm³/mol. The van der Waals surface area contributed by atoms with E-state index in [1.165, 1.54) is 0 Å². The number of rotatable bonds is 7. The first-order valence-corrected chi connectivity index (χ1v) is 8.70. The number of nitrogens with one attached hydrogen (secondary N) is 1. The monoisotopic (exact) mass is 391 g/mol. The second-order valence-corrected chi connectivity index (χ2v) is 6.33. The molecule has 5 heteroatoms. The van der Waals surface area contributed by atoms with Crippen LogP contribution in [0.5, 0.6) is 5.75 Å². The van der Waals surface area contributed by atoms with E-state index in [1.807, 2.05) is 56.3 Å². The summed E-state index contributed by atoms with van der Waals surface area (Å²) in [5, 5.41) is 2.91. The van der Waals surface area contributed by atoms with Gasteiger partial charge in [-0.15, -0.1) is 0 Å². The molecule has 1 unspecified atom stereocenters. The fourth-order valence-electron chi connectivity index (χ4n) is 2.16. The van der Waals surface area contributed by atoms with Crippen LogP contribution in [0.3, 0.4) is 0 Å². The van der Waals surface area contributed by atoms with E-state index < -0.39 is 6.10 Å². The minimum absolute atomic E-state index is 0.202. The Morgan fingerprint density at radius 1 is 1.25 bits per heavy atom. The van der Waals surface area contributed by atoms with Crippen molar-refractivity contribution in [2.45, 2.75) is 33.5 Å². The van der Waals surface area contributed by atoms with Crippen molar-refractivity contribution in [3.8, 4) is 5.75 Å². The average molecular weight is 392 g/mol. The SMILES string of the molecule is CCOCc1ccccc1NC(=O)C(C)Oc1ccc(C)cc1Br. The van der Waals surface area contributed by atoms with Gasteiger partial charge in [0.05, 0.1) is 11.1 Å². The quantitative estimate of drug-likeness (QED) is 0.743. The van der Waals surface area contributed by atoms with Gasteiger partial charge in [0, 0.05) is 17.9 Å². The lowest BCUT2D eigenvalue weighted by Crippen LogP contribution is -2.30. The average Bonchev–Trinajstić information content (AvgIpc) is 2.56. The fraction of sp³-hybridized carbons (Fsp3) is 0.316. The topological polar surface area (TPSA) is 47.6 Å². The number of ether oxygens (including phenoxy) is 2. The number of carbonyl (C=O) groups is 1. The number of carbonyl (C=O) groups excluding carboxylic acids is 1. The van der Waals surface area contributed by atoms with E-state index in [9.17, 15) is 4.79 Å². The Hall–Kier alpha value is -1.85. The van der Waals surface area contributed by atoms with Gasteiger partial charge in [-0.2, -0.15) is 0 Å². The molecule has 0 saturated carbocycles. The first kappa shape index (κ1) is 18.5. The summed E-state index contributed by atoms with van der Waals surface area (Å²) < 4.78 is 12.0. The van der Waals surface area contributed by atoms with E-state index in [0.717, 1.165) is 21.3 Å². The fourth-order valence-corrected chi connectivity index (χ4v) is 2.75. The van der Waals surface area contributed by atoms with Crippen molar-refractivity contribution >= 4 is 27.5 Å². The van der Waals surface area contributed by atoms with Gasteiger partial charge in [-0.25, -0.2) is 0 Å². The van der Waals surface area contributed by atoms with Crippen molar-refractivity contribution in [3.05, 3.63) is 58.1 Å². The van der Waals surface area contributed by atoms with Gasteiger partial charge in [-0.05, 0) is 60.5 Å². The third-order valence-corrected chi connectivity index (χ3v) is 4.12. The van der Waals surface area contributed by atoms with Gasteiger partial charge in [0.25, 0.3) is 5.91 Å². The zero-order valence-electron chi connectivity index (χ0n) is 14.1. The van der Waals surface area contributed by atoms with Crippen LogP contribution >= 0.6 is 15.9 Å². The lowest BCUT2D eigenvalue weighted by atomic mass is 10.2. The second-order valence-electron chi connectivity index (χ2n) is 5.48. The second kappa shape index (κ2) is 8.85. The van der Waals surface area contributed by atoms with E-state index >= 15 is 0 Å². The van der Waals surface area contributed by atoms with Gasteiger partial charge in [-0.1, -0.05) is 24.3 Å². The molecule has 24 heavy (non-hydrogen) atoms. The molecule has 0 fully saturated rings. The van der Waals surface area contributed by atoms with E-state index in [0.29, 0.717) is 19.0 Å². The Morgan fingerprint density at radius 2 is 2.00 bits per heavy atom. The zero-order chi connectivity index (χ0) is 17.5. The number of halogens is 1. The molecule has 0 radical (unpaired) electrons. The molecule has 0 bridgehead atoms. The lowest BCUT2D eigenvalue weighted by Gasteiger charge is -2.17. The molecule has 1 amide bonds. The summed E-state index contributed by atoms with van der Waals surface area (Å²) in [7, 11) is 0. The van der Waals surface area contributed by atoms with Crippen LogP contribution in [0.15, 0.2) is 46.9 Å². The van der Waals surface area contributed by atoms with Crippen LogP contribution in [0.2, 0.25) is 0 Å². The minimum atomic E-state index is -0.621. The number of anilines is 1. The van der Waals surface area contributed by atoms with Crippen molar-refractivity contribution in [2.75, 3.05) is 11.9 Å². The summed E-state index contributed by atoms with van der Waals surface area (Å²) in [5.41, 5.74) is 2.81. The number of hydrogen-bond donors (Lipinski definition) is 1. The van der Waals surface area contributed by atoms with Crippen LogP contribution in [-0.2, 0) is 16.1 Å². The molecular weight excluding hydrogens is 370 g/mol. The number of benzene rings is 2. The Labute approximate surface area is 151 Å². The Morgan fingerprint density at radius 3 is 2.71 bits per heavy atom. The normalized spacial score (nSPS) is 11.8. The van der Waals surface area contributed by atoms with Crippen molar-refractivity contribution in [1.82, 2.24) is 0 Å². The van der Waals surface area contributed by atoms with Crippen molar-refractivity contribution in [3.63, 3.8) is 0 Å². The number of para-hydroxylation sites is 1. The highest BCUT2D eigenvalue weighted by Crippen LogP contribution is 2.27. The predicted octanol–water partition coefficient (Wildman–Crippen LogP) is 4.70. The first-order valence-electron chi connectivity index (χ1n) is 7.90. The molecule has 1 N–H and O–H groups in total. The van der Waals surface area contributed by atoms with Crippen molar-refractivity contribution < 1.29 is 14.3 Å². The summed E-state index contributed by atoms with van der Waals surface area (Å²) >= 11 is 3.46. The highest BCUT2D eigenvalue weighted by molar-refractivity contribution is 9.10. The molecule has 4 nitrogen and oxygen atoms in total. The van der Waals surface area contributed by atoms with Gasteiger partial charge in [0.15, 0.2) is 6.10 Å². The lowest BCUT2D eigenvalue weighted by molar-refractivity contribution is -0.122. The van der Waals surface area contributed by atoms with Gasteiger partial charge in [-0.3, -0.25) is 4.79 Å². The largest absolute Gasteiger partial charge is 0.480 e. The Balaban J connectivity index is 2.04. The minimum Gasteiger partial charge on any atom is -0.480 e. The van der Waals surface area contributed by atoms with Crippen LogP contribution in [-0.4, -0.2) is 18.6 Å². The van der Waals surface area contributed by atoms with Crippen LogP contribution in [0.25, 0.3) is 0 Å². The maximum absolute atomic E-state index is 12.4. The molecule has 0 aliphatic rings. The maximum Gasteiger partial charge on any atom is 0.265 e. The van der Waals surface area contributed by atoms with E-state index in [-0.39, 0.29) is 5.91 Å². The summed E-state index contributed by atoms with van der Waals surface area (Å²) in [4.78, 5) is 12.4. The van der Waals surface area contributed by atoms with Gasteiger partial charge in [0.1, 0.15) is 5.75 Å². The molecule has 0 heterocycles. The van der Waals surface area contributed by atoms with Crippen LogP contribution in [0, 0.1) is 6.92 Å².